The molecular weight excluding hydrogens is 234 g/mol. The SMILES string of the molecule is CCCC/C=C/CCCCCCCCC(=O)NCC. The molecule has 0 saturated carbocycles. The number of hydrogen-bond donors (Lipinski definition) is 1. The van der Waals surface area contributed by atoms with Crippen LogP contribution in [0.25, 0.3) is 0 Å². The zero-order chi connectivity index (χ0) is 14.2. The maximum Gasteiger partial charge on any atom is 0.219 e. The molecule has 0 radical (unpaired) electrons. The van der Waals surface area contributed by atoms with Crippen molar-refractivity contribution in [2.24, 2.45) is 0 Å². The molecule has 0 aliphatic heterocycles. The van der Waals surface area contributed by atoms with E-state index in [-0.39, 0.29) is 5.91 Å². The van der Waals surface area contributed by atoms with Crippen molar-refractivity contribution in [3.63, 3.8) is 0 Å². The molecule has 0 atom stereocenters. The van der Waals surface area contributed by atoms with Gasteiger partial charge in [0.05, 0.1) is 0 Å². The summed E-state index contributed by atoms with van der Waals surface area (Å²) < 4.78 is 0. The Morgan fingerprint density at radius 2 is 1.42 bits per heavy atom. The minimum atomic E-state index is 0.208. The predicted octanol–water partition coefficient (Wildman–Crippen LogP) is 4.99. The number of rotatable bonds is 13. The lowest BCUT2D eigenvalue weighted by molar-refractivity contribution is -0.121. The minimum absolute atomic E-state index is 0.208. The Morgan fingerprint density at radius 3 is 2.05 bits per heavy atom. The number of carbonyl (C=O) groups excluding carboxylic acids is 1. The van der Waals surface area contributed by atoms with Crippen LogP contribution in [0.5, 0.6) is 0 Å². The van der Waals surface area contributed by atoms with Crippen molar-refractivity contribution in [1.29, 1.82) is 0 Å². The summed E-state index contributed by atoms with van der Waals surface area (Å²) in [5, 5.41) is 2.84. The third kappa shape index (κ3) is 15.2. The fourth-order valence-electron chi connectivity index (χ4n) is 2.10. The van der Waals surface area contributed by atoms with E-state index in [1.165, 1.54) is 57.8 Å². The van der Waals surface area contributed by atoms with Crippen LogP contribution in [0.4, 0.5) is 0 Å². The van der Waals surface area contributed by atoms with Crippen LogP contribution in [0.2, 0.25) is 0 Å². The summed E-state index contributed by atoms with van der Waals surface area (Å²) in [6.45, 7) is 4.96. The van der Waals surface area contributed by atoms with Crippen LogP contribution in [0.15, 0.2) is 12.2 Å². The molecule has 1 amide bonds. The van der Waals surface area contributed by atoms with Crippen LogP contribution in [-0.2, 0) is 4.79 Å². The van der Waals surface area contributed by atoms with E-state index in [1.807, 2.05) is 6.92 Å². The number of carbonyl (C=O) groups is 1. The van der Waals surface area contributed by atoms with Gasteiger partial charge in [0, 0.05) is 13.0 Å². The zero-order valence-corrected chi connectivity index (χ0v) is 13.0. The van der Waals surface area contributed by atoms with Gasteiger partial charge in [0.25, 0.3) is 0 Å². The quantitative estimate of drug-likeness (QED) is 0.369. The summed E-state index contributed by atoms with van der Waals surface area (Å²) in [5.74, 6) is 0.208. The van der Waals surface area contributed by atoms with E-state index in [9.17, 15) is 4.79 Å². The second kappa shape index (κ2) is 15.3. The highest BCUT2D eigenvalue weighted by atomic mass is 16.1. The fourth-order valence-corrected chi connectivity index (χ4v) is 2.10. The highest BCUT2D eigenvalue weighted by molar-refractivity contribution is 5.75. The maximum absolute atomic E-state index is 11.2. The lowest BCUT2D eigenvalue weighted by Gasteiger charge is -2.02. The zero-order valence-electron chi connectivity index (χ0n) is 13.0. The molecule has 0 spiro atoms. The maximum atomic E-state index is 11.2. The van der Waals surface area contributed by atoms with E-state index in [2.05, 4.69) is 24.4 Å². The highest BCUT2D eigenvalue weighted by Crippen LogP contribution is 2.09. The van der Waals surface area contributed by atoms with Crippen molar-refractivity contribution in [1.82, 2.24) is 5.32 Å². The molecule has 112 valence electrons. The van der Waals surface area contributed by atoms with E-state index in [0.29, 0.717) is 6.42 Å². The molecule has 2 nitrogen and oxygen atoms in total. The Hall–Kier alpha value is -0.790. The molecule has 0 rings (SSSR count). The van der Waals surface area contributed by atoms with Crippen LogP contribution < -0.4 is 5.32 Å². The van der Waals surface area contributed by atoms with Gasteiger partial charge < -0.3 is 5.32 Å². The predicted molar refractivity (Wildman–Crippen MR) is 84.3 cm³/mol. The standard InChI is InChI=1S/C17H33NO/c1-3-5-6-7-8-9-10-11-12-13-14-15-16-17(19)18-4-2/h7-8H,3-6,9-16H2,1-2H3,(H,18,19)/b8-7+. The summed E-state index contributed by atoms with van der Waals surface area (Å²) in [5.41, 5.74) is 0. The Labute approximate surface area is 120 Å². The average Bonchev–Trinajstić information content (AvgIpc) is 2.40. The summed E-state index contributed by atoms with van der Waals surface area (Å²) in [6, 6.07) is 0. The highest BCUT2D eigenvalue weighted by Gasteiger charge is 1.98. The molecule has 0 aromatic carbocycles. The first-order valence-electron chi connectivity index (χ1n) is 8.23. The number of allylic oxidation sites excluding steroid dienone is 2. The van der Waals surface area contributed by atoms with Crippen LogP contribution in [-0.4, -0.2) is 12.5 Å². The topological polar surface area (TPSA) is 29.1 Å². The van der Waals surface area contributed by atoms with Gasteiger partial charge in [-0.05, 0) is 32.6 Å². The van der Waals surface area contributed by atoms with E-state index in [0.717, 1.165) is 13.0 Å². The van der Waals surface area contributed by atoms with Crippen molar-refractivity contribution in [2.75, 3.05) is 6.54 Å². The van der Waals surface area contributed by atoms with E-state index < -0.39 is 0 Å². The molecule has 0 saturated heterocycles. The monoisotopic (exact) mass is 267 g/mol. The van der Waals surface area contributed by atoms with E-state index in [4.69, 9.17) is 0 Å². The third-order valence-corrected chi connectivity index (χ3v) is 3.29. The van der Waals surface area contributed by atoms with Gasteiger partial charge in [-0.3, -0.25) is 4.79 Å². The molecule has 0 aromatic heterocycles. The minimum Gasteiger partial charge on any atom is -0.356 e. The molecule has 0 unspecified atom stereocenters. The number of nitrogens with one attached hydrogen (secondary N) is 1. The first-order valence-corrected chi connectivity index (χ1v) is 8.23. The van der Waals surface area contributed by atoms with Crippen LogP contribution in [0.3, 0.4) is 0 Å². The van der Waals surface area contributed by atoms with Crippen molar-refractivity contribution in [3.8, 4) is 0 Å². The molecule has 2 heteroatoms. The second-order valence-electron chi connectivity index (χ2n) is 5.23. The normalized spacial score (nSPS) is 11.1. The van der Waals surface area contributed by atoms with Gasteiger partial charge in [0.15, 0.2) is 0 Å². The first kappa shape index (κ1) is 18.2. The van der Waals surface area contributed by atoms with Gasteiger partial charge in [0.2, 0.25) is 5.91 Å². The van der Waals surface area contributed by atoms with Crippen molar-refractivity contribution in [3.05, 3.63) is 12.2 Å². The van der Waals surface area contributed by atoms with Gasteiger partial charge in [-0.2, -0.15) is 0 Å². The van der Waals surface area contributed by atoms with Crippen molar-refractivity contribution >= 4 is 5.91 Å². The molecule has 0 aliphatic rings. The smallest absolute Gasteiger partial charge is 0.219 e. The lowest BCUT2D eigenvalue weighted by atomic mass is 10.1. The molecule has 0 heterocycles. The van der Waals surface area contributed by atoms with Gasteiger partial charge in [0.1, 0.15) is 0 Å². The van der Waals surface area contributed by atoms with Gasteiger partial charge >= 0.3 is 0 Å². The van der Waals surface area contributed by atoms with Gasteiger partial charge in [-0.15, -0.1) is 0 Å². The number of hydrogen-bond acceptors (Lipinski definition) is 1. The molecule has 1 N–H and O–H groups in total. The van der Waals surface area contributed by atoms with Gasteiger partial charge in [-0.1, -0.05) is 57.6 Å². The fraction of sp³-hybridized carbons (Fsp3) is 0.824. The lowest BCUT2D eigenvalue weighted by Crippen LogP contribution is -2.21. The Morgan fingerprint density at radius 1 is 0.842 bits per heavy atom. The summed E-state index contributed by atoms with van der Waals surface area (Å²) >= 11 is 0. The molecular formula is C17H33NO. The van der Waals surface area contributed by atoms with E-state index in [1.54, 1.807) is 0 Å². The average molecular weight is 267 g/mol. The first-order chi connectivity index (χ1) is 9.31. The summed E-state index contributed by atoms with van der Waals surface area (Å²) in [6.07, 6.45) is 18.0. The van der Waals surface area contributed by atoms with Crippen LogP contribution in [0.1, 0.15) is 84.5 Å². The Bertz CT molecular complexity index is 223. The van der Waals surface area contributed by atoms with Crippen LogP contribution in [0, 0.1) is 0 Å². The van der Waals surface area contributed by atoms with Crippen molar-refractivity contribution in [2.45, 2.75) is 84.5 Å². The Kier molecular flexibility index (Phi) is 14.6. The second-order valence-corrected chi connectivity index (χ2v) is 5.23. The van der Waals surface area contributed by atoms with E-state index >= 15 is 0 Å². The van der Waals surface area contributed by atoms with Gasteiger partial charge in [-0.25, -0.2) is 0 Å². The van der Waals surface area contributed by atoms with Crippen LogP contribution >= 0.6 is 0 Å². The molecule has 0 fully saturated rings. The molecule has 0 bridgehead atoms. The molecule has 0 aliphatic carbocycles. The third-order valence-electron chi connectivity index (χ3n) is 3.29. The molecule has 19 heavy (non-hydrogen) atoms. The van der Waals surface area contributed by atoms with Crippen molar-refractivity contribution < 1.29 is 4.79 Å². The number of amides is 1. The Balaban J connectivity index is 3.10. The summed E-state index contributed by atoms with van der Waals surface area (Å²) in [4.78, 5) is 11.2. The largest absolute Gasteiger partial charge is 0.356 e. The number of unbranched alkanes of at least 4 members (excludes halogenated alkanes) is 8. The molecule has 0 aromatic rings. The summed E-state index contributed by atoms with van der Waals surface area (Å²) in [7, 11) is 0.